The molecule has 0 bridgehead atoms. The van der Waals surface area contributed by atoms with Crippen molar-refractivity contribution < 1.29 is 18.4 Å². The number of nitrogens with one attached hydrogen (secondary N) is 1. The Bertz CT molecular complexity index is 794. The van der Waals surface area contributed by atoms with Gasteiger partial charge in [0.05, 0.1) is 22.2 Å². The second-order valence-corrected chi connectivity index (χ2v) is 6.23. The molecule has 21 heavy (non-hydrogen) atoms. The van der Waals surface area contributed by atoms with Gasteiger partial charge in [0.1, 0.15) is 4.60 Å². The molecule has 0 atom stereocenters. The Morgan fingerprint density at radius 3 is 2.57 bits per heavy atom. The van der Waals surface area contributed by atoms with Gasteiger partial charge in [-0.25, -0.2) is 18.4 Å². The zero-order valence-corrected chi connectivity index (χ0v) is 12.5. The summed E-state index contributed by atoms with van der Waals surface area (Å²) in [5.41, 5.74) is -0.709. The maximum atomic E-state index is 12.1. The molecule has 1 aromatic carbocycles. The van der Waals surface area contributed by atoms with Crippen molar-refractivity contribution in [2.75, 3.05) is 4.72 Å². The number of rotatable bonds is 4. The number of nitro groups is 1. The van der Waals surface area contributed by atoms with E-state index in [0.29, 0.717) is 4.60 Å². The number of benzene rings is 1. The van der Waals surface area contributed by atoms with Gasteiger partial charge in [0.15, 0.2) is 11.6 Å². The molecule has 9 nitrogen and oxygen atoms in total. The predicted octanol–water partition coefficient (Wildman–Crippen LogP) is 1.65. The fourth-order valence-corrected chi connectivity index (χ4v) is 2.60. The van der Waals surface area contributed by atoms with Crippen LogP contribution in [0.3, 0.4) is 0 Å². The molecule has 2 rings (SSSR count). The highest BCUT2D eigenvalue weighted by Gasteiger charge is 2.21. The molecule has 0 aliphatic carbocycles. The van der Waals surface area contributed by atoms with Crippen molar-refractivity contribution in [1.82, 2.24) is 9.97 Å². The minimum atomic E-state index is -4.08. The highest BCUT2D eigenvalue weighted by Crippen LogP contribution is 2.28. The number of nitro benzene ring substituents is 1. The molecule has 0 amide bonds. The first kappa shape index (κ1) is 15.1. The number of hydrogen-bond acceptors (Lipinski definition) is 7. The van der Waals surface area contributed by atoms with Crippen LogP contribution >= 0.6 is 15.9 Å². The highest BCUT2D eigenvalue weighted by molar-refractivity contribution is 9.10. The monoisotopic (exact) mass is 374 g/mol. The van der Waals surface area contributed by atoms with Gasteiger partial charge in [-0.15, -0.1) is 0 Å². The topological polar surface area (TPSA) is 135 Å². The van der Waals surface area contributed by atoms with Crippen LogP contribution in [0.4, 0.5) is 11.5 Å². The molecule has 11 heteroatoms. The van der Waals surface area contributed by atoms with Crippen LogP contribution in [0.5, 0.6) is 5.75 Å². The first-order valence-corrected chi connectivity index (χ1v) is 7.55. The second-order valence-electron chi connectivity index (χ2n) is 3.74. The van der Waals surface area contributed by atoms with Gasteiger partial charge >= 0.3 is 5.69 Å². The van der Waals surface area contributed by atoms with Gasteiger partial charge in [0.25, 0.3) is 10.0 Å². The Hall–Kier alpha value is -2.27. The minimum absolute atomic E-state index is 0.0473. The van der Waals surface area contributed by atoms with Gasteiger partial charge in [0, 0.05) is 6.07 Å². The number of nitrogens with zero attached hydrogens (tertiary/aromatic N) is 3. The number of hydrogen-bond donors (Lipinski definition) is 2. The molecule has 0 radical (unpaired) electrons. The van der Waals surface area contributed by atoms with Crippen LogP contribution in [0.2, 0.25) is 0 Å². The van der Waals surface area contributed by atoms with E-state index in [9.17, 15) is 23.6 Å². The molecular weight excluding hydrogens is 368 g/mol. The Morgan fingerprint density at radius 1 is 1.29 bits per heavy atom. The SMILES string of the molecule is O=[N+]([O-])c1cc(S(=O)(=O)Nc2cnc(Br)cn2)ccc1O. The zero-order chi connectivity index (χ0) is 15.6. The van der Waals surface area contributed by atoms with E-state index >= 15 is 0 Å². The van der Waals surface area contributed by atoms with Crippen molar-refractivity contribution in [1.29, 1.82) is 0 Å². The fourth-order valence-electron chi connectivity index (χ4n) is 1.38. The Morgan fingerprint density at radius 2 is 2.00 bits per heavy atom. The molecule has 2 aromatic rings. The summed E-state index contributed by atoms with van der Waals surface area (Å²) in [6, 6.07) is 2.72. The van der Waals surface area contributed by atoms with Crippen LogP contribution in [0.25, 0.3) is 0 Å². The zero-order valence-electron chi connectivity index (χ0n) is 10.1. The highest BCUT2D eigenvalue weighted by atomic mass is 79.9. The maximum Gasteiger partial charge on any atom is 0.312 e. The Balaban J connectivity index is 2.38. The summed E-state index contributed by atoms with van der Waals surface area (Å²) < 4.78 is 26.7. The second kappa shape index (κ2) is 5.61. The Labute approximate surface area is 127 Å². The van der Waals surface area contributed by atoms with Crippen LogP contribution in [0.15, 0.2) is 40.1 Å². The normalized spacial score (nSPS) is 11.1. The number of aromatic hydroxyl groups is 1. The molecule has 110 valence electrons. The smallest absolute Gasteiger partial charge is 0.312 e. The molecular formula is C10H7BrN4O5S. The standard InChI is InChI=1S/C10H7BrN4O5S/c11-9-4-13-10(5-12-9)14-21(19,20)6-1-2-8(16)7(3-6)15(17)18/h1-5,16H,(H,13,14). The van der Waals surface area contributed by atoms with E-state index in [1.165, 1.54) is 12.4 Å². The quantitative estimate of drug-likeness (QED) is 0.613. The molecule has 1 aromatic heterocycles. The van der Waals surface area contributed by atoms with Crippen molar-refractivity contribution in [2.24, 2.45) is 0 Å². The fraction of sp³-hybridized carbons (Fsp3) is 0. The van der Waals surface area contributed by atoms with Crippen LogP contribution in [0.1, 0.15) is 0 Å². The number of phenolic OH excluding ortho intramolecular Hbond substituents is 1. The predicted molar refractivity (Wildman–Crippen MR) is 75.3 cm³/mol. The lowest BCUT2D eigenvalue weighted by Gasteiger charge is -2.07. The van der Waals surface area contributed by atoms with Gasteiger partial charge in [-0.2, -0.15) is 0 Å². The number of phenols is 1. The lowest BCUT2D eigenvalue weighted by Crippen LogP contribution is -2.14. The van der Waals surface area contributed by atoms with E-state index in [0.717, 1.165) is 18.2 Å². The number of sulfonamides is 1. The summed E-state index contributed by atoms with van der Waals surface area (Å²) in [7, 11) is -4.08. The summed E-state index contributed by atoms with van der Waals surface area (Å²) in [5, 5.41) is 20.0. The van der Waals surface area contributed by atoms with Crippen molar-refractivity contribution in [3.05, 3.63) is 45.3 Å². The molecule has 0 unspecified atom stereocenters. The van der Waals surface area contributed by atoms with E-state index in [1.54, 1.807) is 0 Å². The van der Waals surface area contributed by atoms with Gasteiger partial charge in [-0.1, -0.05) is 0 Å². The third-order valence-electron chi connectivity index (χ3n) is 2.31. The van der Waals surface area contributed by atoms with Crippen LogP contribution in [-0.4, -0.2) is 28.4 Å². The summed E-state index contributed by atoms with van der Waals surface area (Å²) in [6.45, 7) is 0. The first-order chi connectivity index (χ1) is 9.79. The lowest BCUT2D eigenvalue weighted by molar-refractivity contribution is -0.386. The van der Waals surface area contributed by atoms with Crippen molar-refractivity contribution in [2.45, 2.75) is 4.90 Å². The number of anilines is 1. The van der Waals surface area contributed by atoms with Gasteiger partial charge in [-0.05, 0) is 28.1 Å². The average Bonchev–Trinajstić information content (AvgIpc) is 2.41. The third-order valence-corrected chi connectivity index (χ3v) is 4.08. The molecule has 0 spiro atoms. The summed E-state index contributed by atoms with van der Waals surface area (Å²) in [4.78, 5) is 17.0. The summed E-state index contributed by atoms with van der Waals surface area (Å²) in [5.74, 6) is -0.670. The molecule has 0 aliphatic heterocycles. The lowest BCUT2D eigenvalue weighted by atomic mass is 10.3. The minimum Gasteiger partial charge on any atom is -0.502 e. The molecule has 0 fully saturated rings. The van der Waals surface area contributed by atoms with E-state index < -0.39 is 26.4 Å². The number of halogens is 1. The van der Waals surface area contributed by atoms with Gasteiger partial charge < -0.3 is 5.11 Å². The van der Waals surface area contributed by atoms with Crippen molar-refractivity contribution >= 4 is 37.5 Å². The van der Waals surface area contributed by atoms with E-state index in [-0.39, 0.29) is 10.7 Å². The molecule has 0 aliphatic rings. The third kappa shape index (κ3) is 3.44. The Kier molecular flexibility index (Phi) is 4.04. The maximum absolute atomic E-state index is 12.1. The van der Waals surface area contributed by atoms with E-state index in [4.69, 9.17) is 0 Å². The molecule has 1 heterocycles. The van der Waals surface area contributed by atoms with Crippen molar-refractivity contribution in [3.8, 4) is 5.75 Å². The van der Waals surface area contributed by atoms with Crippen molar-refractivity contribution in [3.63, 3.8) is 0 Å². The first-order valence-electron chi connectivity index (χ1n) is 5.27. The van der Waals surface area contributed by atoms with Gasteiger partial charge in [-0.3, -0.25) is 14.8 Å². The van der Waals surface area contributed by atoms with Gasteiger partial charge in [0.2, 0.25) is 0 Å². The average molecular weight is 375 g/mol. The van der Waals surface area contributed by atoms with Crippen LogP contribution in [-0.2, 0) is 10.0 Å². The number of aromatic nitrogens is 2. The van der Waals surface area contributed by atoms with Crippen LogP contribution in [0, 0.1) is 10.1 Å². The summed E-state index contributed by atoms with van der Waals surface area (Å²) in [6.07, 6.45) is 2.47. The summed E-state index contributed by atoms with van der Waals surface area (Å²) >= 11 is 3.05. The molecule has 0 saturated carbocycles. The molecule has 2 N–H and O–H groups in total. The molecule has 0 saturated heterocycles. The van der Waals surface area contributed by atoms with E-state index in [1.807, 2.05) is 0 Å². The van der Waals surface area contributed by atoms with E-state index in [2.05, 4.69) is 30.6 Å². The van der Waals surface area contributed by atoms with Crippen LogP contribution < -0.4 is 4.72 Å². The largest absolute Gasteiger partial charge is 0.502 e.